The third kappa shape index (κ3) is 2.68. The number of thiophene rings is 1. The van der Waals surface area contributed by atoms with Crippen molar-refractivity contribution in [2.24, 2.45) is 10.7 Å². The molecule has 0 aliphatic carbocycles. The molecule has 20 heavy (non-hydrogen) atoms. The molecule has 0 saturated carbocycles. The monoisotopic (exact) mass is 477 g/mol. The number of guanidine groups is 1. The normalized spacial score (nSPS) is 18.4. The van der Waals surface area contributed by atoms with Crippen LogP contribution >= 0.6 is 59.1 Å². The third-order valence-corrected chi connectivity index (χ3v) is 6.97. The molecular weight excluding hydrogens is 470 g/mol. The predicted octanol–water partition coefficient (Wildman–Crippen LogP) is 4.91. The molecule has 2 N–H and O–H groups in total. The summed E-state index contributed by atoms with van der Waals surface area (Å²) in [7, 11) is 0. The number of anilines is 1. The Kier molecular flexibility index (Phi) is 4.21. The van der Waals surface area contributed by atoms with E-state index in [1.165, 1.54) is 4.88 Å². The zero-order chi connectivity index (χ0) is 14.3. The molecule has 7 heteroatoms. The summed E-state index contributed by atoms with van der Waals surface area (Å²) >= 11 is 12.2. The van der Waals surface area contributed by atoms with E-state index in [1.54, 1.807) is 11.3 Å². The van der Waals surface area contributed by atoms with Gasteiger partial charge in [0.25, 0.3) is 0 Å². The van der Waals surface area contributed by atoms with Crippen molar-refractivity contribution < 1.29 is 0 Å². The molecule has 1 aliphatic rings. The average molecular weight is 480 g/mol. The second kappa shape index (κ2) is 5.79. The standard InChI is InChI=1S/C13H10Br3N3S/c14-7-1-3-8(4-2-7)19-10(6-18-13(19)17)11-5-9(15)12(16)20-11/h1-5,10H,6H2,(H2,17,18). The van der Waals surface area contributed by atoms with Crippen molar-refractivity contribution in [3.8, 4) is 0 Å². The van der Waals surface area contributed by atoms with Crippen molar-refractivity contribution in [1.29, 1.82) is 0 Å². The molecule has 0 fully saturated rings. The number of nitrogens with zero attached hydrogens (tertiary/aromatic N) is 2. The van der Waals surface area contributed by atoms with E-state index < -0.39 is 0 Å². The maximum Gasteiger partial charge on any atom is 0.196 e. The Morgan fingerprint density at radius 1 is 1.20 bits per heavy atom. The molecule has 0 bridgehead atoms. The van der Waals surface area contributed by atoms with Gasteiger partial charge in [0.1, 0.15) is 0 Å². The summed E-state index contributed by atoms with van der Waals surface area (Å²) in [5.74, 6) is 0.568. The van der Waals surface area contributed by atoms with Crippen molar-refractivity contribution in [2.45, 2.75) is 6.04 Å². The molecular formula is C13H10Br3N3S. The molecule has 1 aromatic heterocycles. The minimum Gasteiger partial charge on any atom is -0.369 e. The summed E-state index contributed by atoms with van der Waals surface area (Å²) in [5.41, 5.74) is 7.12. The zero-order valence-corrected chi connectivity index (χ0v) is 15.8. The highest BCUT2D eigenvalue weighted by molar-refractivity contribution is 9.13. The molecule has 2 heterocycles. The van der Waals surface area contributed by atoms with E-state index in [9.17, 15) is 0 Å². The van der Waals surface area contributed by atoms with Crippen LogP contribution < -0.4 is 10.6 Å². The van der Waals surface area contributed by atoms with Gasteiger partial charge in [-0.15, -0.1) is 11.3 Å². The lowest BCUT2D eigenvalue weighted by atomic mass is 10.2. The second-order valence-electron chi connectivity index (χ2n) is 4.33. The predicted molar refractivity (Wildman–Crippen MR) is 95.6 cm³/mol. The van der Waals surface area contributed by atoms with Gasteiger partial charge >= 0.3 is 0 Å². The smallest absolute Gasteiger partial charge is 0.196 e. The Bertz CT molecular complexity index is 647. The average Bonchev–Trinajstić information content (AvgIpc) is 2.95. The van der Waals surface area contributed by atoms with Crippen LogP contribution in [0.4, 0.5) is 5.69 Å². The molecule has 0 spiro atoms. The molecule has 1 atom stereocenters. The van der Waals surface area contributed by atoms with E-state index in [1.807, 2.05) is 24.3 Å². The first kappa shape index (κ1) is 14.6. The Morgan fingerprint density at radius 2 is 1.90 bits per heavy atom. The van der Waals surface area contributed by atoms with Crippen molar-refractivity contribution in [3.05, 3.63) is 47.9 Å². The van der Waals surface area contributed by atoms with Gasteiger partial charge in [-0.05, 0) is 62.2 Å². The fraction of sp³-hybridized carbons (Fsp3) is 0.154. The zero-order valence-electron chi connectivity index (χ0n) is 10.2. The van der Waals surface area contributed by atoms with Gasteiger partial charge in [0, 0.05) is 19.5 Å². The maximum absolute atomic E-state index is 6.07. The van der Waals surface area contributed by atoms with E-state index in [0.717, 1.165) is 18.4 Å². The Morgan fingerprint density at radius 3 is 2.50 bits per heavy atom. The third-order valence-electron chi connectivity index (χ3n) is 3.08. The van der Waals surface area contributed by atoms with Crippen molar-refractivity contribution in [2.75, 3.05) is 11.4 Å². The highest BCUT2D eigenvalue weighted by atomic mass is 79.9. The van der Waals surface area contributed by atoms with Crippen LogP contribution in [0.3, 0.4) is 0 Å². The Balaban J connectivity index is 1.98. The minimum atomic E-state index is 0.156. The molecule has 1 aliphatic heterocycles. The number of hydrogen-bond donors (Lipinski definition) is 1. The molecule has 1 aromatic carbocycles. The second-order valence-corrected chi connectivity index (χ2v) is 8.50. The van der Waals surface area contributed by atoms with Crippen LogP contribution in [-0.4, -0.2) is 12.5 Å². The highest BCUT2D eigenvalue weighted by Crippen LogP contribution is 2.40. The minimum absolute atomic E-state index is 0.156. The maximum atomic E-state index is 6.07. The van der Waals surface area contributed by atoms with Gasteiger partial charge in [-0.3, -0.25) is 4.99 Å². The summed E-state index contributed by atoms with van der Waals surface area (Å²) in [6.45, 7) is 0.682. The van der Waals surface area contributed by atoms with Crippen molar-refractivity contribution in [3.63, 3.8) is 0 Å². The molecule has 0 saturated heterocycles. The molecule has 3 nitrogen and oxygen atoms in total. The van der Waals surface area contributed by atoms with Gasteiger partial charge in [0.2, 0.25) is 0 Å². The number of halogens is 3. The quantitative estimate of drug-likeness (QED) is 0.664. The van der Waals surface area contributed by atoms with Crippen molar-refractivity contribution >= 4 is 70.8 Å². The number of nitrogens with two attached hydrogens (primary N) is 1. The highest BCUT2D eigenvalue weighted by Gasteiger charge is 2.30. The molecule has 3 rings (SSSR count). The number of aliphatic imine (C=N–C) groups is 1. The summed E-state index contributed by atoms with van der Waals surface area (Å²) in [6, 6.07) is 10.4. The Hall–Kier alpha value is -0.370. The van der Waals surface area contributed by atoms with E-state index in [4.69, 9.17) is 5.73 Å². The van der Waals surface area contributed by atoms with Crippen LogP contribution in [0.2, 0.25) is 0 Å². The molecule has 104 valence electrons. The van der Waals surface area contributed by atoms with E-state index in [0.29, 0.717) is 12.5 Å². The van der Waals surface area contributed by atoms with Gasteiger partial charge in [0.05, 0.1) is 16.4 Å². The summed E-state index contributed by atoms with van der Waals surface area (Å²) in [6.07, 6.45) is 0. The van der Waals surface area contributed by atoms with Crippen LogP contribution in [0.15, 0.2) is 48.1 Å². The van der Waals surface area contributed by atoms with Gasteiger partial charge in [-0.1, -0.05) is 15.9 Å². The van der Waals surface area contributed by atoms with Gasteiger partial charge in [0.15, 0.2) is 5.96 Å². The van der Waals surface area contributed by atoms with Crippen LogP contribution in [0, 0.1) is 0 Å². The fourth-order valence-corrected chi connectivity index (χ4v) is 4.59. The summed E-state index contributed by atoms with van der Waals surface area (Å²) in [5, 5.41) is 0. The molecule has 0 radical (unpaired) electrons. The van der Waals surface area contributed by atoms with E-state index >= 15 is 0 Å². The fourth-order valence-electron chi connectivity index (χ4n) is 2.16. The first-order valence-corrected chi connectivity index (χ1v) is 9.05. The molecule has 0 amide bonds. The summed E-state index contributed by atoms with van der Waals surface area (Å²) in [4.78, 5) is 7.71. The largest absolute Gasteiger partial charge is 0.369 e. The first-order valence-electron chi connectivity index (χ1n) is 5.85. The van der Waals surface area contributed by atoms with Crippen LogP contribution in [0.25, 0.3) is 0 Å². The lowest BCUT2D eigenvalue weighted by molar-refractivity contribution is 0.784. The number of benzene rings is 1. The van der Waals surface area contributed by atoms with Crippen LogP contribution in [0.5, 0.6) is 0 Å². The van der Waals surface area contributed by atoms with E-state index in [-0.39, 0.29) is 6.04 Å². The van der Waals surface area contributed by atoms with Crippen LogP contribution in [0.1, 0.15) is 10.9 Å². The summed E-state index contributed by atoms with van der Waals surface area (Å²) < 4.78 is 3.21. The number of rotatable bonds is 2. The first-order chi connectivity index (χ1) is 9.56. The molecule has 2 aromatic rings. The van der Waals surface area contributed by atoms with Gasteiger partial charge in [-0.25, -0.2) is 0 Å². The SMILES string of the molecule is NC1=NCC(c2cc(Br)c(Br)s2)N1c1ccc(Br)cc1. The molecule has 1 unspecified atom stereocenters. The number of hydrogen-bond acceptors (Lipinski definition) is 4. The topological polar surface area (TPSA) is 41.6 Å². The van der Waals surface area contributed by atoms with Crippen LogP contribution in [-0.2, 0) is 0 Å². The lowest BCUT2D eigenvalue weighted by Gasteiger charge is -2.25. The van der Waals surface area contributed by atoms with Crippen molar-refractivity contribution in [1.82, 2.24) is 0 Å². The van der Waals surface area contributed by atoms with E-state index in [2.05, 4.69) is 63.7 Å². The van der Waals surface area contributed by atoms with Gasteiger partial charge in [-0.2, -0.15) is 0 Å². The lowest BCUT2D eigenvalue weighted by Crippen LogP contribution is -2.35. The Labute approximate surface area is 146 Å². The van der Waals surface area contributed by atoms with Gasteiger partial charge < -0.3 is 10.6 Å².